The molecule has 0 aromatic heterocycles. The van der Waals surface area contributed by atoms with Gasteiger partial charge in [0.05, 0.1) is 11.5 Å². The standard InChI is InChI=1S/C34H54FN5O3.2ClH/c1-32(2,3)28-22-36-27(21-37-28)29(41)38-26(20-23-12-14-25(35)15-13-23)30(42)40-18-16-34(17-19-40,24-10-8-7-9-11-24)31(43)39-33(4,5)6;;/h12-15,24,26-28,36-37H,7-11,16-22H2,1-6H3,(H,38,41)(H,39,43);2*1H/t26-,27+,28-;;/m1../s1. The molecule has 3 fully saturated rings. The van der Waals surface area contributed by atoms with Gasteiger partial charge >= 0.3 is 0 Å². The molecule has 2 aliphatic heterocycles. The Labute approximate surface area is 282 Å². The van der Waals surface area contributed by atoms with E-state index in [1.807, 2.05) is 25.7 Å². The molecule has 0 spiro atoms. The highest BCUT2D eigenvalue weighted by molar-refractivity contribution is 5.91. The second kappa shape index (κ2) is 16.2. The van der Waals surface area contributed by atoms with Gasteiger partial charge in [-0.15, -0.1) is 24.8 Å². The lowest BCUT2D eigenvalue weighted by atomic mass is 9.63. The number of likely N-dealkylation sites (tertiary alicyclic amines) is 1. The second-order valence-electron chi connectivity index (χ2n) is 15.2. The lowest BCUT2D eigenvalue weighted by Crippen LogP contribution is -2.64. The predicted molar refractivity (Wildman–Crippen MR) is 182 cm³/mol. The summed E-state index contributed by atoms with van der Waals surface area (Å²) in [7, 11) is 0. The summed E-state index contributed by atoms with van der Waals surface area (Å²) in [5.41, 5.74) is 0.0215. The lowest BCUT2D eigenvalue weighted by Gasteiger charge is -2.48. The van der Waals surface area contributed by atoms with Crippen molar-refractivity contribution in [3.05, 3.63) is 35.6 Å². The van der Waals surface area contributed by atoms with Crippen molar-refractivity contribution < 1.29 is 18.8 Å². The van der Waals surface area contributed by atoms with Crippen molar-refractivity contribution in [2.75, 3.05) is 26.2 Å². The van der Waals surface area contributed by atoms with Crippen molar-refractivity contribution in [2.45, 2.75) is 117 Å². The van der Waals surface area contributed by atoms with Gasteiger partial charge in [-0.1, -0.05) is 52.2 Å². The van der Waals surface area contributed by atoms with E-state index in [0.29, 0.717) is 44.9 Å². The quantitative estimate of drug-likeness (QED) is 0.334. The molecule has 11 heteroatoms. The fourth-order valence-electron chi connectivity index (χ4n) is 7.08. The van der Waals surface area contributed by atoms with Crippen LogP contribution in [0.5, 0.6) is 0 Å². The van der Waals surface area contributed by atoms with E-state index >= 15 is 0 Å². The average molecular weight is 673 g/mol. The third-order valence-corrected chi connectivity index (χ3v) is 9.76. The highest BCUT2D eigenvalue weighted by atomic mass is 35.5. The zero-order valence-electron chi connectivity index (χ0n) is 28.0. The number of benzene rings is 1. The molecule has 0 radical (unpaired) electrons. The van der Waals surface area contributed by atoms with Crippen LogP contribution in [0.15, 0.2) is 24.3 Å². The molecule has 0 bridgehead atoms. The van der Waals surface area contributed by atoms with Crippen LogP contribution in [0.3, 0.4) is 0 Å². The Balaban J connectivity index is 0.00000353. The number of amides is 3. The predicted octanol–water partition coefficient (Wildman–Crippen LogP) is 4.78. The number of carbonyl (C=O) groups is 3. The first-order valence-electron chi connectivity index (χ1n) is 16.3. The smallest absolute Gasteiger partial charge is 0.245 e. The van der Waals surface area contributed by atoms with E-state index in [9.17, 15) is 18.8 Å². The normalized spacial score (nSPS) is 23.1. The highest BCUT2D eigenvalue weighted by Gasteiger charge is 2.49. The summed E-state index contributed by atoms with van der Waals surface area (Å²) in [6.45, 7) is 14.6. The first kappa shape index (κ1) is 39.2. The van der Waals surface area contributed by atoms with Crippen LogP contribution in [0.25, 0.3) is 0 Å². The third kappa shape index (κ3) is 10.3. The van der Waals surface area contributed by atoms with Crippen LogP contribution in [0.4, 0.5) is 4.39 Å². The van der Waals surface area contributed by atoms with Crippen molar-refractivity contribution in [3.63, 3.8) is 0 Å². The second-order valence-corrected chi connectivity index (χ2v) is 15.2. The van der Waals surface area contributed by atoms with Crippen molar-refractivity contribution >= 4 is 42.5 Å². The zero-order chi connectivity index (χ0) is 31.4. The Kier molecular flexibility index (Phi) is 14.2. The third-order valence-electron chi connectivity index (χ3n) is 9.76. The minimum atomic E-state index is -0.786. The van der Waals surface area contributed by atoms with Crippen molar-refractivity contribution in [1.29, 1.82) is 0 Å². The summed E-state index contributed by atoms with van der Waals surface area (Å²) in [6, 6.07) is 5.08. The summed E-state index contributed by atoms with van der Waals surface area (Å²) in [5.74, 6) is -0.289. The van der Waals surface area contributed by atoms with Crippen molar-refractivity contribution in [1.82, 2.24) is 26.2 Å². The fourth-order valence-corrected chi connectivity index (χ4v) is 7.08. The first-order chi connectivity index (χ1) is 20.2. The van der Waals surface area contributed by atoms with Crippen LogP contribution >= 0.6 is 24.8 Å². The Bertz CT molecular complexity index is 1120. The maximum atomic E-state index is 14.1. The Hall–Kier alpha value is -1.94. The number of piperidine rings is 1. The lowest BCUT2D eigenvalue weighted by molar-refractivity contribution is -0.147. The number of rotatable bonds is 7. The van der Waals surface area contributed by atoms with E-state index < -0.39 is 17.5 Å². The molecule has 2 saturated heterocycles. The molecule has 2 heterocycles. The van der Waals surface area contributed by atoms with Crippen LogP contribution in [0.2, 0.25) is 0 Å². The SMILES string of the molecule is CC(C)(C)NC(=O)C1(C2CCCCC2)CCN(C(=O)[C@@H](Cc2ccc(F)cc2)NC(=O)[C@@H]2CN[C@@H](C(C)(C)C)CN2)CC1.Cl.Cl. The molecule has 4 rings (SSSR count). The minimum absolute atomic E-state index is 0. The Morgan fingerprint density at radius 3 is 2.04 bits per heavy atom. The summed E-state index contributed by atoms with van der Waals surface area (Å²) < 4.78 is 13.6. The number of nitrogens with zero attached hydrogens (tertiary/aromatic N) is 1. The molecule has 3 amide bonds. The van der Waals surface area contributed by atoms with Crippen LogP contribution in [-0.2, 0) is 20.8 Å². The number of hydrogen-bond acceptors (Lipinski definition) is 5. The number of piperazine rings is 1. The van der Waals surface area contributed by atoms with Crippen LogP contribution in [-0.4, -0.2) is 72.5 Å². The number of hydrogen-bond donors (Lipinski definition) is 4. The molecule has 1 aromatic carbocycles. The summed E-state index contributed by atoms with van der Waals surface area (Å²) >= 11 is 0. The van der Waals surface area contributed by atoms with Gasteiger partial charge in [0.15, 0.2) is 0 Å². The summed E-state index contributed by atoms with van der Waals surface area (Å²) in [5, 5.41) is 13.1. The zero-order valence-corrected chi connectivity index (χ0v) is 29.6. The largest absolute Gasteiger partial charge is 0.351 e. The number of nitrogens with one attached hydrogen (secondary N) is 4. The van der Waals surface area contributed by atoms with Crippen LogP contribution < -0.4 is 21.3 Å². The minimum Gasteiger partial charge on any atom is -0.351 e. The average Bonchev–Trinajstić information content (AvgIpc) is 2.96. The van der Waals surface area contributed by atoms with Gasteiger partial charge in [-0.2, -0.15) is 0 Å². The van der Waals surface area contributed by atoms with Crippen LogP contribution in [0, 0.1) is 22.6 Å². The molecular formula is C34H56Cl2FN5O3. The summed E-state index contributed by atoms with van der Waals surface area (Å²) in [4.78, 5) is 43.1. The molecule has 8 nitrogen and oxygen atoms in total. The van der Waals surface area contributed by atoms with E-state index in [0.717, 1.165) is 31.2 Å². The van der Waals surface area contributed by atoms with E-state index in [2.05, 4.69) is 42.0 Å². The molecule has 3 atom stereocenters. The molecule has 256 valence electrons. The summed E-state index contributed by atoms with van der Waals surface area (Å²) in [6.07, 6.45) is 7.10. The van der Waals surface area contributed by atoms with E-state index in [1.165, 1.54) is 18.6 Å². The van der Waals surface area contributed by atoms with Gasteiger partial charge in [-0.05, 0) is 75.5 Å². The molecule has 4 N–H and O–H groups in total. The molecule has 3 aliphatic rings. The maximum Gasteiger partial charge on any atom is 0.245 e. The van der Waals surface area contributed by atoms with E-state index in [4.69, 9.17) is 0 Å². The van der Waals surface area contributed by atoms with Gasteiger partial charge in [-0.25, -0.2) is 4.39 Å². The Morgan fingerprint density at radius 1 is 0.933 bits per heavy atom. The molecule has 1 aromatic rings. The topological polar surface area (TPSA) is 103 Å². The van der Waals surface area contributed by atoms with Gasteiger partial charge in [0.25, 0.3) is 0 Å². The molecular weight excluding hydrogens is 616 g/mol. The highest BCUT2D eigenvalue weighted by Crippen LogP contribution is 2.46. The number of carbonyl (C=O) groups excluding carboxylic acids is 3. The number of halogens is 3. The Morgan fingerprint density at radius 2 is 1.53 bits per heavy atom. The van der Waals surface area contributed by atoms with Gasteiger partial charge in [0, 0.05) is 44.2 Å². The maximum absolute atomic E-state index is 14.1. The van der Waals surface area contributed by atoms with E-state index in [1.54, 1.807) is 12.1 Å². The van der Waals surface area contributed by atoms with Crippen LogP contribution in [0.1, 0.15) is 92.1 Å². The molecule has 45 heavy (non-hydrogen) atoms. The first-order valence-corrected chi connectivity index (χ1v) is 16.3. The van der Waals surface area contributed by atoms with Gasteiger partial charge in [0.2, 0.25) is 17.7 Å². The van der Waals surface area contributed by atoms with Crippen molar-refractivity contribution in [2.24, 2.45) is 16.7 Å². The van der Waals surface area contributed by atoms with Gasteiger partial charge in [-0.3, -0.25) is 14.4 Å². The van der Waals surface area contributed by atoms with Gasteiger partial charge < -0.3 is 26.2 Å². The molecule has 0 unspecified atom stereocenters. The monoisotopic (exact) mass is 671 g/mol. The fraction of sp³-hybridized carbons (Fsp3) is 0.735. The van der Waals surface area contributed by atoms with Crippen molar-refractivity contribution in [3.8, 4) is 0 Å². The molecule has 1 aliphatic carbocycles. The van der Waals surface area contributed by atoms with E-state index in [-0.39, 0.29) is 71.8 Å². The van der Waals surface area contributed by atoms with Gasteiger partial charge in [0.1, 0.15) is 11.9 Å². The molecule has 1 saturated carbocycles.